The van der Waals surface area contributed by atoms with Crippen LogP contribution in [0, 0.1) is 0 Å². The number of aromatic nitrogens is 1. The number of nitrogens with zero attached hydrogens (tertiary/aromatic N) is 2. The quantitative estimate of drug-likeness (QED) is 0.288. The Balaban J connectivity index is 1.60. The van der Waals surface area contributed by atoms with Crippen LogP contribution in [0.25, 0.3) is 10.9 Å². The molecule has 39 heavy (non-hydrogen) atoms. The molecular formula is C33H31N3O3. The van der Waals surface area contributed by atoms with Crippen molar-refractivity contribution in [3.8, 4) is 0 Å². The summed E-state index contributed by atoms with van der Waals surface area (Å²) in [4.78, 5) is 16.5. The molecular weight excluding hydrogens is 486 g/mol. The summed E-state index contributed by atoms with van der Waals surface area (Å²) < 4.78 is 2.12. The molecule has 6 nitrogen and oxygen atoms in total. The van der Waals surface area contributed by atoms with Crippen molar-refractivity contribution < 1.29 is 15.0 Å². The molecule has 3 atom stereocenters. The maximum atomic E-state index is 14.8. The highest BCUT2D eigenvalue weighted by Gasteiger charge is 2.59. The number of nitrogens with two attached hydrogens (primary N) is 1. The third kappa shape index (κ3) is 4.05. The van der Waals surface area contributed by atoms with Gasteiger partial charge in [-0.3, -0.25) is 4.79 Å². The van der Waals surface area contributed by atoms with Crippen LogP contribution in [0.3, 0.4) is 0 Å². The van der Waals surface area contributed by atoms with Crippen molar-refractivity contribution in [1.82, 2.24) is 4.57 Å². The number of hydrogen-bond acceptors (Lipinski definition) is 4. The second kappa shape index (κ2) is 10.2. The summed E-state index contributed by atoms with van der Waals surface area (Å²) in [5.41, 5.74) is 9.97. The summed E-state index contributed by atoms with van der Waals surface area (Å²) in [6, 6.07) is 34.4. The molecule has 4 N–H and O–H groups in total. The van der Waals surface area contributed by atoms with Gasteiger partial charge in [-0.1, -0.05) is 97.1 Å². The third-order valence-corrected chi connectivity index (χ3v) is 7.85. The lowest BCUT2D eigenvalue weighted by molar-refractivity contribution is -0.126. The number of rotatable bonds is 8. The highest BCUT2D eigenvalue weighted by Crippen LogP contribution is 2.51. The lowest BCUT2D eigenvalue weighted by Crippen LogP contribution is -2.57. The Bertz CT molecular complexity index is 1620. The summed E-state index contributed by atoms with van der Waals surface area (Å²) in [7, 11) is 0. The molecule has 196 valence electrons. The van der Waals surface area contributed by atoms with Crippen molar-refractivity contribution in [2.45, 2.75) is 30.7 Å². The Morgan fingerprint density at radius 1 is 0.744 bits per heavy atom. The van der Waals surface area contributed by atoms with Gasteiger partial charge in [0.1, 0.15) is 5.41 Å². The van der Waals surface area contributed by atoms with E-state index in [0.29, 0.717) is 24.2 Å². The van der Waals surface area contributed by atoms with Crippen LogP contribution in [0.15, 0.2) is 115 Å². The molecule has 0 saturated heterocycles. The topological polar surface area (TPSA) is 91.7 Å². The van der Waals surface area contributed by atoms with Crippen LogP contribution in [0.2, 0.25) is 0 Å². The van der Waals surface area contributed by atoms with E-state index in [4.69, 9.17) is 5.73 Å². The number of fused-ring (bicyclic) bond motifs is 2. The largest absolute Gasteiger partial charge is 0.395 e. The summed E-state index contributed by atoms with van der Waals surface area (Å²) in [6.07, 6.45) is 0.610. The van der Waals surface area contributed by atoms with Crippen molar-refractivity contribution in [2.24, 2.45) is 5.73 Å². The average Bonchev–Trinajstić information content (AvgIpc) is 3.46. The Morgan fingerprint density at radius 2 is 1.33 bits per heavy atom. The van der Waals surface area contributed by atoms with Gasteiger partial charge < -0.3 is 25.4 Å². The molecule has 1 aliphatic rings. The normalized spacial score (nSPS) is 18.3. The SMILES string of the molecule is N[C@H](CO)[C@@H](O)[C@@]1(c2cn(Cc3ccccc3)c3ccccc23)C(=O)N(Cc2ccccc2)c2ccccc21. The zero-order chi connectivity index (χ0) is 27.0. The van der Waals surface area contributed by atoms with Crippen LogP contribution in [0.5, 0.6) is 0 Å². The van der Waals surface area contributed by atoms with Crippen molar-refractivity contribution in [3.05, 3.63) is 138 Å². The summed E-state index contributed by atoms with van der Waals surface area (Å²) in [5.74, 6) is -0.258. The van der Waals surface area contributed by atoms with Gasteiger partial charge in [0.15, 0.2) is 0 Å². The van der Waals surface area contributed by atoms with Gasteiger partial charge in [-0.2, -0.15) is 0 Å². The van der Waals surface area contributed by atoms with E-state index < -0.39 is 24.2 Å². The zero-order valence-corrected chi connectivity index (χ0v) is 21.5. The maximum Gasteiger partial charge on any atom is 0.245 e. The van der Waals surface area contributed by atoms with Crippen LogP contribution in [0.4, 0.5) is 5.69 Å². The van der Waals surface area contributed by atoms with E-state index in [9.17, 15) is 15.0 Å². The molecule has 6 heteroatoms. The number of carbonyl (C=O) groups excluding carboxylic acids is 1. The molecule has 0 spiro atoms. The predicted octanol–water partition coefficient (Wildman–Crippen LogP) is 4.20. The van der Waals surface area contributed by atoms with E-state index in [0.717, 1.165) is 27.7 Å². The summed E-state index contributed by atoms with van der Waals surface area (Å²) in [6.45, 7) is 0.491. The molecule has 5 aromatic rings. The second-order valence-electron chi connectivity index (χ2n) is 10.2. The molecule has 0 aliphatic carbocycles. The van der Waals surface area contributed by atoms with Crippen molar-refractivity contribution >= 4 is 22.5 Å². The van der Waals surface area contributed by atoms with Crippen LogP contribution >= 0.6 is 0 Å². The lowest BCUT2D eigenvalue weighted by Gasteiger charge is -2.36. The number of aliphatic hydroxyl groups is 2. The lowest BCUT2D eigenvalue weighted by atomic mass is 9.69. The van der Waals surface area contributed by atoms with Gasteiger partial charge in [0.25, 0.3) is 0 Å². The minimum atomic E-state index is -1.50. The molecule has 0 saturated carbocycles. The Kier molecular flexibility index (Phi) is 6.53. The van der Waals surface area contributed by atoms with Crippen molar-refractivity contribution in [1.29, 1.82) is 0 Å². The number of carbonyl (C=O) groups is 1. The highest BCUT2D eigenvalue weighted by atomic mass is 16.3. The van der Waals surface area contributed by atoms with Crippen molar-refractivity contribution in [3.63, 3.8) is 0 Å². The number of benzene rings is 4. The van der Waals surface area contributed by atoms with Gasteiger partial charge in [-0.25, -0.2) is 0 Å². The van der Waals surface area contributed by atoms with Crippen LogP contribution in [0.1, 0.15) is 22.3 Å². The molecule has 0 radical (unpaired) electrons. The minimum absolute atomic E-state index is 0.258. The first-order valence-corrected chi connectivity index (χ1v) is 13.2. The highest BCUT2D eigenvalue weighted by molar-refractivity contribution is 6.13. The molecule has 0 fully saturated rings. The van der Waals surface area contributed by atoms with E-state index >= 15 is 0 Å². The number of hydrogen-bond donors (Lipinski definition) is 3. The first-order valence-electron chi connectivity index (χ1n) is 13.2. The molecule has 1 aliphatic heterocycles. The van der Waals surface area contributed by atoms with Gasteiger partial charge in [-0.05, 0) is 28.8 Å². The molecule has 0 bridgehead atoms. The van der Waals surface area contributed by atoms with Crippen LogP contribution in [-0.2, 0) is 23.3 Å². The fraction of sp³-hybridized carbons (Fsp3) is 0.182. The standard InChI is InChI=1S/C33H31N3O3/c34-28(22-37)31(38)33(26-16-8-10-18-30(26)36(32(33)39)20-24-13-5-2-6-14-24)27-21-35(19-23-11-3-1-4-12-23)29-17-9-7-15-25(27)29/h1-18,21,28,31,37-38H,19-20,22,34H2/t28-,31-,33-/m1/s1. The minimum Gasteiger partial charge on any atom is -0.395 e. The van der Waals surface area contributed by atoms with E-state index in [-0.39, 0.29) is 5.91 Å². The molecule has 1 amide bonds. The van der Waals surface area contributed by atoms with Crippen molar-refractivity contribution in [2.75, 3.05) is 11.5 Å². The van der Waals surface area contributed by atoms with E-state index in [1.165, 1.54) is 0 Å². The van der Waals surface area contributed by atoms with Gasteiger partial charge in [0, 0.05) is 34.9 Å². The summed E-state index contributed by atoms with van der Waals surface area (Å²) >= 11 is 0. The first kappa shape index (κ1) is 25.1. The van der Waals surface area contributed by atoms with Gasteiger partial charge in [-0.15, -0.1) is 0 Å². The first-order chi connectivity index (χ1) is 19.1. The molecule has 2 heterocycles. The number of para-hydroxylation sites is 2. The smallest absolute Gasteiger partial charge is 0.245 e. The monoisotopic (exact) mass is 517 g/mol. The average molecular weight is 518 g/mol. The molecule has 0 unspecified atom stereocenters. The zero-order valence-electron chi connectivity index (χ0n) is 21.5. The van der Waals surface area contributed by atoms with Gasteiger partial charge in [0.2, 0.25) is 5.91 Å². The van der Waals surface area contributed by atoms with Gasteiger partial charge >= 0.3 is 0 Å². The van der Waals surface area contributed by atoms with E-state index in [1.807, 2.05) is 103 Å². The fourth-order valence-corrected chi connectivity index (χ4v) is 6.00. The molecule has 6 rings (SSSR count). The molecule has 4 aromatic carbocycles. The predicted molar refractivity (Wildman–Crippen MR) is 153 cm³/mol. The maximum absolute atomic E-state index is 14.8. The molecule has 1 aromatic heterocycles. The van der Waals surface area contributed by atoms with E-state index in [1.54, 1.807) is 4.90 Å². The number of anilines is 1. The second-order valence-corrected chi connectivity index (χ2v) is 10.2. The third-order valence-electron chi connectivity index (χ3n) is 7.85. The number of aliphatic hydroxyl groups excluding tert-OH is 2. The Morgan fingerprint density at radius 3 is 2.03 bits per heavy atom. The number of amides is 1. The van der Waals surface area contributed by atoms with E-state index in [2.05, 4.69) is 16.7 Å². The summed E-state index contributed by atoms with van der Waals surface area (Å²) in [5, 5.41) is 22.9. The van der Waals surface area contributed by atoms with Crippen LogP contribution in [-0.4, -0.2) is 39.4 Å². The fourth-order valence-electron chi connectivity index (χ4n) is 6.00. The Labute approximate surface area is 227 Å². The van der Waals surface area contributed by atoms with Gasteiger partial charge in [0.05, 0.1) is 25.3 Å². The van der Waals surface area contributed by atoms with Crippen LogP contribution < -0.4 is 10.6 Å². The Hall–Kier alpha value is -4.23.